The summed E-state index contributed by atoms with van der Waals surface area (Å²) in [5.74, 6) is 0.680. The summed E-state index contributed by atoms with van der Waals surface area (Å²) >= 11 is 0. The van der Waals surface area contributed by atoms with Crippen LogP contribution in [-0.2, 0) is 19.2 Å². The Morgan fingerprint density at radius 1 is 1.04 bits per heavy atom. The third kappa shape index (κ3) is 2.64. The highest BCUT2D eigenvalue weighted by Gasteiger charge is 2.69. The van der Waals surface area contributed by atoms with Crippen LogP contribution in [0.4, 0.5) is 4.39 Å². The van der Waals surface area contributed by atoms with Gasteiger partial charge < -0.3 is 14.2 Å². The van der Waals surface area contributed by atoms with Gasteiger partial charge in [-0.3, -0.25) is 0 Å². The number of benzene rings is 1. The van der Waals surface area contributed by atoms with Crippen molar-refractivity contribution in [3.05, 3.63) is 30.1 Å². The predicted molar refractivity (Wildman–Crippen MR) is 93.9 cm³/mol. The lowest BCUT2D eigenvalue weighted by Gasteiger charge is -2.60. The molecule has 0 amide bonds. The van der Waals surface area contributed by atoms with Crippen molar-refractivity contribution >= 4 is 0 Å². The van der Waals surface area contributed by atoms with E-state index in [2.05, 4.69) is 13.8 Å². The third-order valence-electron chi connectivity index (χ3n) is 7.16. The molecule has 6 rings (SSSR count). The van der Waals surface area contributed by atoms with Gasteiger partial charge in [-0.1, -0.05) is 13.8 Å². The van der Waals surface area contributed by atoms with E-state index < -0.39 is 24.0 Å². The van der Waals surface area contributed by atoms with Gasteiger partial charge in [0.15, 0.2) is 11.9 Å². The van der Waals surface area contributed by atoms with Gasteiger partial charge in [0.25, 0.3) is 0 Å². The van der Waals surface area contributed by atoms with Gasteiger partial charge >= 0.3 is 0 Å². The maximum Gasteiger partial charge on any atom is 0.205 e. The van der Waals surface area contributed by atoms with Crippen LogP contribution in [-0.4, -0.2) is 24.0 Å². The van der Waals surface area contributed by atoms with Crippen molar-refractivity contribution in [2.45, 2.75) is 70.4 Å². The molecule has 4 aliphatic heterocycles. The van der Waals surface area contributed by atoms with Crippen LogP contribution in [0.3, 0.4) is 0 Å². The highest BCUT2D eigenvalue weighted by atomic mass is 19.1. The summed E-state index contributed by atoms with van der Waals surface area (Å²) < 4.78 is 32.0. The smallest absolute Gasteiger partial charge is 0.205 e. The molecule has 1 unspecified atom stereocenters. The molecular formula is C21H27FO5. The van der Waals surface area contributed by atoms with Crippen LogP contribution in [0.25, 0.3) is 0 Å². The molecule has 6 heteroatoms. The SMILES string of the molecule is C[C@@H]1CC[C@H]2[C@@H](C)C(Oc3ccc(F)cc3)O[C@@H]3O[C@@]4(C)CC[C@@H]1[C@]32OO4. The summed E-state index contributed by atoms with van der Waals surface area (Å²) in [6, 6.07) is 6.04. The van der Waals surface area contributed by atoms with Crippen molar-refractivity contribution in [1.82, 2.24) is 0 Å². The molecule has 1 aromatic rings. The van der Waals surface area contributed by atoms with E-state index in [1.807, 2.05) is 6.92 Å². The Bertz CT molecular complexity index is 711. The lowest BCUT2D eigenvalue weighted by atomic mass is 9.58. The summed E-state index contributed by atoms with van der Waals surface area (Å²) in [7, 11) is 0. The van der Waals surface area contributed by atoms with Crippen molar-refractivity contribution in [1.29, 1.82) is 0 Å². The Kier molecular flexibility index (Phi) is 4.06. The second-order valence-electron chi connectivity index (χ2n) is 8.85. The monoisotopic (exact) mass is 378 g/mol. The number of hydrogen-bond acceptors (Lipinski definition) is 5. The van der Waals surface area contributed by atoms with Crippen LogP contribution in [0.5, 0.6) is 5.75 Å². The summed E-state index contributed by atoms with van der Waals surface area (Å²) in [5.41, 5.74) is -0.588. The Morgan fingerprint density at radius 2 is 1.81 bits per heavy atom. The van der Waals surface area contributed by atoms with Gasteiger partial charge in [-0.2, -0.15) is 0 Å². The number of rotatable bonds is 2. The molecule has 4 heterocycles. The van der Waals surface area contributed by atoms with Crippen molar-refractivity contribution in [3.8, 4) is 5.75 Å². The van der Waals surface area contributed by atoms with Crippen LogP contribution < -0.4 is 4.74 Å². The average Bonchev–Trinajstić information content (AvgIpc) is 2.87. The maximum atomic E-state index is 13.2. The Labute approximate surface area is 159 Å². The molecule has 1 aliphatic carbocycles. The van der Waals surface area contributed by atoms with E-state index in [0.717, 1.165) is 25.7 Å². The zero-order valence-corrected chi connectivity index (χ0v) is 16.0. The molecule has 148 valence electrons. The zero-order chi connectivity index (χ0) is 18.8. The van der Waals surface area contributed by atoms with Gasteiger partial charge in [0, 0.05) is 18.3 Å². The highest BCUT2D eigenvalue weighted by Crippen LogP contribution is 2.60. The Balaban J connectivity index is 1.48. The fourth-order valence-electron chi connectivity index (χ4n) is 5.65. The molecule has 0 aromatic heterocycles. The Morgan fingerprint density at radius 3 is 2.59 bits per heavy atom. The van der Waals surface area contributed by atoms with Gasteiger partial charge in [-0.15, -0.1) is 0 Å². The lowest BCUT2D eigenvalue weighted by Crippen LogP contribution is -2.70. The molecule has 5 aliphatic rings. The molecule has 1 spiro atoms. The van der Waals surface area contributed by atoms with Gasteiger partial charge in [0.05, 0.1) is 0 Å². The topological polar surface area (TPSA) is 46.2 Å². The van der Waals surface area contributed by atoms with Gasteiger partial charge in [-0.25, -0.2) is 14.2 Å². The minimum atomic E-state index is -0.793. The maximum absolute atomic E-state index is 13.2. The summed E-state index contributed by atoms with van der Waals surface area (Å²) in [5, 5.41) is 0. The molecular weight excluding hydrogens is 351 g/mol. The second-order valence-corrected chi connectivity index (χ2v) is 8.85. The molecule has 8 atom stereocenters. The minimum absolute atomic E-state index is 0.0935. The van der Waals surface area contributed by atoms with Crippen LogP contribution in [0.1, 0.15) is 46.5 Å². The quantitative estimate of drug-likeness (QED) is 0.713. The van der Waals surface area contributed by atoms with Crippen molar-refractivity contribution in [3.63, 3.8) is 0 Å². The van der Waals surface area contributed by atoms with E-state index >= 15 is 0 Å². The normalized spacial score (nSPS) is 48.6. The first-order valence-corrected chi connectivity index (χ1v) is 10.0. The van der Waals surface area contributed by atoms with E-state index in [1.165, 1.54) is 12.1 Å². The molecule has 4 saturated heterocycles. The second kappa shape index (κ2) is 6.14. The first-order chi connectivity index (χ1) is 12.9. The number of halogens is 1. The highest BCUT2D eigenvalue weighted by molar-refractivity contribution is 5.22. The van der Waals surface area contributed by atoms with Gasteiger partial charge in [-0.05, 0) is 62.3 Å². The van der Waals surface area contributed by atoms with Gasteiger partial charge in [0.2, 0.25) is 12.1 Å². The summed E-state index contributed by atoms with van der Waals surface area (Å²) in [4.78, 5) is 11.9. The van der Waals surface area contributed by atoms with E-state index in [4.69, 9.17) is 24.0 Å². The number of hydrogen-bond donors (Lipinski definition) is 0. The summed E-state index contributed by atoms with van der Waals surface area (Å²) in [6.07, 6.45) is 2.95. The van der Waals surface area contributed by atoms with E-state index in [9.17, 15) is 4.39 Å². The van der Waals surface area contributed by atoms with Crippen molar-refractivity contribution < 1.29 is 28.4 Å². The molecule has 5 fully saturated rings. The Hall–Kier alpha value is -1.21. The van der Waals surface area contributed by atoms with E-state index in [0.29, 0.717) is 17.6 Å². The fourth-order valence-corrected chi connectivity index (χ4v) is 5.65. The van der Waals surface area contributed by atoms with Crippen LogP contribution >= 0.6 is 0 Å². The fraction of sp³-hybridized carbons (Fsp3) is 0.714. The third-order valence-corrected chi connectivity index (χ3v) is 7.16. The van der Waals surface area contributed by atoms with Gasteiger partial charge in [0.1, 0.15) is 11.6 Å². The van der Waals surface area contributed by atoms with E-state index in [-0.39, 0.29) is 17.7 Å². The molecule has 27 heavy (non-hydrogen) atoms. The first kappa shape index (κ1) is 17.9. The average molecular weight is 378 g/mol. The molecule has 0 radical (unpaired) electrons. The molecule has 5 nitrogen and oxygen atoms in total. The van der Waals surface area contributed by atoms with Crippen molar-refractivity contribution in [2.24, 2.45) is 23.7 Å². The van der Waals surface area contributed by atoms with Crippen molar-refractivity contribution in [2.75, 3.05) is 0 Å². The summed E-state index contributed by atoms with van der Waals surface area (Å²) in [6.45, 7) is 6.34. The first-order valence-electron chi connectivity index (χ1n) is 10.0. The predicted octanol–water partition coefficient (Wildman–Crippen LogP) is 4.41. The van der Waals surface area contributed by atoms with Crippen LogP contribution in [0.2, 0.25) is 0 Å². The number of ether oxygens (including phenoxy) is 3. The standard InChI is InChI=1S/C21H27FO5/c1-12-4-9-17-13(2)18(23-15-7-5-14(22)6-8-15)24-19-21(17)16(12)10-11-20(3,25-19)26-27-21/h5-8,12-13,16-19H,4,9-11H2,1-3H3/t12-,13-,16+,17+,18?,19-,20-,21-/m1/s1. The lowest BCUT2D eigenvalue weighted by molar-refractivity contribution is -0.575. The van der Waals surface area contributed by atoms with E-state index in [1.54, 1.807) is 12.1 Å². The molecule has 1 aromatic carbocycles. The largest absolute Gasteiger partial charge is 0.465 e. The number of fused-ring (bicyclic) bond motifs is 2. The molecule has 2 bridgehead atoms. The zero-order valence-electron chi connectivity index (χ0n) is 16.0. The molecule has 1 saturated carbocycles. The van der Waals surface area contributed by atoms with Crippen LogP contribution in [0.15, 0.2) is 24.3 Å². The minimum Gasteiger partial charge on any atom is -0.465 e. The van der Waals surface area contributed by atoms with Crippen LogP contribution in [0, 0.1) is 29.5 Å². The molecule has 0 N–H and O–H groups in total.